The van der Waals surface area contributed by atoms with Crippen molar-refractivity contribution in [2.45, 2.75) is 423 Å². The zero-order valence-electron chi connectivity index (χ0n) is 53.4. The number of allylic oxidation sites excluding steroid dienone is 2. The minimum atomic E-state index is -1.55. The fourth-order valence-electron chi connectivity index (χ4n) is 12.0. The molecule has 0 aromatic rings. The van der Waals surface area contributed by atoms with Gasteiger partial charge in [-0.05, 0) is 38.5 Å². The lowest BCUT2D eigenvalue weighted by molar-refractivity contribution is -0.302. The summed E-state index contributed by atoms with van der Waals surface area (Å²) in [5.74, 6) is -0.135. The van der Waals surface area contributed by atoms with Crippen LogP contribution >= 0.6 is 0 Å². The molecule has 9 nitrogen and oxygen atoms in total. The molecule has 0 radical (unpaired) electrons. The van der Waals surface area contributed by atoms with Crippen molar-refractivity contribution in [1.82, 2.24) is 5.32 Å². The van der Waals surface area contributed by atoms with Crippen molar-refractivity contribution >= 4 is 5.91 Å². The molecule has 1 fully saturated rings. The van der Waals surface area contributed by atoms with Gasteiger partial charge in [-0.1, -0.05) is 347 Å². The molecule has 0 aliphatic carbocycles. The fraction of sp³-hybridized carbons (Fsp3) is 0.958. The average molecular weight is 1130 g/mol. The predicted molar refractivity (Wildman–Crippen MR) is 341 cm³/mol. The summed E-state index contributed by atoms with van der Waals surface area (Å²) in [4.78, 5) is 13.2. The maximum absolute atomic E-state index is 13.2. The van der Waals surface area contributed by atoms with Crippen LogP contribution in [0.4, 0.5) is 0 Å². The van der Waals surface area contributed by atoms with Gasteiger partial charge in [0.05, 0.1) is 25.4 Å². The first-order valence-electron chi connectivity index (χ1n) is 35.9. The zero-order valence-corrected chi connectivity index (χ0v) is 53.4. The highest BCUT2D eigenvalue weighted by Crippen LogP contribution is 2.24. The molecule has 0 saturated carbocycles. The van der Waals surface area contributed by atoms with E-state index in [0.29, 0.717) is 12.8 Å². The van der Waals surface area contributed by atoms with Crippen LogP contribution in [0, 0.1) is 0 Å². The Balaban J connectivity index is 2.09. The van der Waals surface area contributed by atoms with Crippen LogP contribution in [-0.4, -0.2) is 87.5 Å². The highest BCUT2D eigenvalue weighted by Gasteiger charge is 2.44. The molecule has 7 atom stereocenters. The number of hydrogen-bond acceptors (Lipinski definition) is 8. The van der Waals surface area contributed by atoms with E-state index in [1.54, 1.807) is 0 Å². The van der Waals surface area contributed by atoms with Gasteiger partial charge in [-0.3, -0.25) is 4.79 Å². The van der Waals surface area contributed by atoms with Crippen LogP contribution in [0.3, 0.4) is 0 Å². The first-order valence-corrected chi connectivity index (χ1v) is 35.9. The summed E-state index contributed by atoms with van der Waals surface area (Å²) in [6.07, 6.45) is 71.4. The Bertz CT molecular complexity index is 1270. The number of carbonyl (C=O) groups is 1. The monoisotopic (exact) mass is 1130 g/mol. The molecular formula is C71H139NO8. The molecule has 0 spiro atoms. The van der Waals surface area contributed by atoms with Crippen LogP contribution in [0.25, 0.3) is 0 Å². The molecule has 7 unspecified atom stereocenters. The smallest absolute Gasteiger partial charge is 0.220 e. The molecular weight excluding hydrogens is 995 g/mol. The van der Waals surface area contributed by atoms with E-state index in [2.05, 4.69) is 31.3 Å². The van der Waals surface area contributed by atoms with Crippen LogP contribution in [0.1, 0.15) is 380 Å². The Labute approximate surface area is 496 Å². The molecule has 1 rings (SSSR count). The van der Waals surface area contributed by atoms with E-state index in [1.165, 1.54) is 315 Å². The van der Waals surface area contributed by atoms with Crippen molar-refractivity contribution < 1.29 is 39.8 Å². The normalized spacial score (nSPS) is 18.4. The van der Waals surface area contributed by atoms with E-state index in [0.717, 1.165) is 38.5 Å². The third-order valence-electron chi connectivity index (χ3n) is 17.6. The highest BCUT2D eigenvalue weighted by atomic mass is 16.7. The minimum absolute atomic E-state index is 0.132. The van der Waals surface area contributed by atoms with E-state index in [-0.39, 0.29) is 12.5 Å². The SMILES string of the molecule is CCCCCCCCCC/C=C\CCCCCCCCCCCCCCCCCC(=O)NC(COC1OC(CO)C(O)C(O)C1O)C(O)CCCCCCCCCCCCCCCCCCCCCCCCCCCCCCCC. The molecule has 0 aromatic heterocycles. The number of amides is 1. The van der Waals surface area contributed by atoms with Crippen molar-refractivity contribution in [2.75, 3.05) is 13.2 Å². The summed E-state index contributed by atoms with van der Waals surface area (Å²) in [5.41, 5.74) is 0. The number of unbranched alkanes of at least 4 members (excludes halogenated alkanes) is 52. The average Bonchev–Trinajstić information content (AvgIpc) is 3.46. The Morgan fingerprint density at radius 1 is 0.412 bits per heavy atom. The van der Waals surface area contributed by atoms with Gasteiger partial charge in [0.25, 0.3) is 0 Å². The summed E-state index contributed by atoms with van der Waals surface area (Å²) in [6.45, 7) is 3.90. The van der Waals surface area contributed by atoms with Crippen LogP contribution in [-0.2, 0) is 14.3 Å². The summed E-state index contributed by atoms with van der Waals surface area (Å²) >= 11 is 0. The molecule has 1 aliphatic rings. The highest BCUT2D eigenvalue weighted by molar-refractivity contribution is 5.76. The first-order chi connectivity index (χ1) is 39.3. The quantitative estimate of drug-likeness (QED) is 0.0261. The van der Waals surface area contributed by atoms with Crippen LogP contribution in [0.2, 0.25) is 0 Å². The second-order valence-electron chi connectivity index (χ2n) is 25.4. The van der Waals surface area contributed by atoms with Crippen molar-refractivity contribution in [2.24, 2.45) is 0 Å². The van der Waals surface area contributed by atoms with Gasteiger partial charge in [-0.15, -0.1) is 0 Å². The minimum Gasteiger partial charge on any atom is -0.394 e. The van der Waals surface area contributed by atoms with Crippen LogP contribution < -0.4 is 5.32 Å². The Hall–Kier alpha value is -1.07. The number of aliphatic hydroxyl groups is 5. The van der Waals surface area contributed by atoms with Crippen LogP contribution in [0.15, 0.2) is 12.2 Å². The summed E-state index contributed by atoms with van der Waals surface area (Å²) in [6, 6.07) is -0.717. The second kappa shape index (κ2) is 61.0. The van der Waals surface area contributed by atoms with Crippen molar-refractivity contribution in [3.63, 3.8) is 0 Å². The molecule has 0 bridgehead atoms. The van der Waals surface area contributed by atoms with Crippen molar-refractivity contribution in [1.29, 1.82) is 0 Å². The molecule has 0 aromatic carbocycles. The Kier molecular flexibility index (Phi) is 58.7. The molecule has 1 aliphatic heterocycles. The van der Waals surface area contributed by atoms with Gasteiger partial charge in [0, 0.05) is 6.42 Å². The maximum atomic E-state index is 13.2. The first kappa shape index (κ1) is 76.9. The van der Waals surface area contributed by atoms with Crippen molar-refractivity contribution in [3.05, 3.63) is 12.2 Å². The Morgan fingerprint density at radius 2 is 0.700 bits per heavy atom. The number of nitrogens with one attached hydrogen (secondary N) is 1. The third kappa shape index (κ3) is 49.2. The van der Waals surface area contributed by atoms with Gasteiger partial charge in [0.15, 0.2) is 6.29 Å². The fourth-order valence-corrected chi connectivity index (χ4v) is 12.0. The molecule has 1 saturated heterocycles. The lowest BCUT2D eigenvalue weighted by Gasteiger charge is -2.40. The van der Waals surface area contributed by atoms with E-state index < -0.39 is 49.5 Å². The van der Waals surface area contributed by atoms with Gasteiger partial charge < -0.3 is 40.3 Å². The summed E-state index contributed by atoms with van der Waals surface area (Å²) in [5, 5.41) is 55.0. The molecule has 9 heteroatoms. The standard InChI is InChI=1S/C71H139NO8/c1-3-5-7-9-11-13-15-17-19-21-23-25-27-29-31-32-33-35-36-38-40-42-44-46-48-50-52-54-56-58-60-65(74)64(63-79-71-70(78)69(77)68(76)66(62-73)80-71)72-67(75)61-59-57-55-53-51-49-47-45-43-41-39-37-34-30-28-26-24-22-20-18-16-14-12-10-8-6-4-2/h22,24,64-66,68-71,73-74,76-78H,3-21,23,25-63H2,1-2H3,(H,72,75)/b24-22-. The number of ether oxygens (including phenoxy) is 2. The Morgan fingerprint density at radius 3 is 1.01 bits per heavy atom. The third-order valence-corrected chi connectivity index (χ3v) is 17.6. The lowest BCUT2D eigenvalue weighted by Crippen LogP contribution is -2.60. The van der Waals surface area contributed by atoms with Gasteiger partial charge in [0.2, 0.25) is 5.91 Å². The molecule has 476 valence electrons. The number of aliphatic hydroxyl groups excluding tert-OH is 5. The topological polar surface area (TPSA) is 149 Å². The summed E-state index contributed by atoms with van der Waals surface area (Å²) < 4.78 is 11.4. The zero-order chi connectivity index (χ0) is 57.9. The summed E-state index contributed by atoms with van der Waals surface area (Å²) in [7, 11) is 0. The number of carbonyl (C=O) groups excluding carboxylic acids is 1. The van der Waals surface area contributed by atoms with Gasteiger partial charge in [-0.25, -0.2) is 0 Å². The van der Waals surface area contributed by atoms with E-state index in [4.69, 9.17) is 9.47 Å². The lowest BCUT2D eigenvalue weighted by atomic mass is 9.99. The number of rotatable bonds is 64. The molecule has 6 N–H and O–H groups in total. The predicted octanol–water partition coefficient (Wildman–Crippen LogP) is 19.5. The van der Waals surface area contributed by atoms with Crippen molar-refractivity contribution in [3.8, 4) is 0 Å². The maximum Gasteiger partial charge on any atom is 0.220 e. The van der Waals surface area contributed by atoms with Gasteiger partial charge in [0.1, 0.15) is 24.4 Å². The molecule has 1 heterocycles. The second-order valence-corrected chi connectivity index (χ2v) is 25.4. The molecule has 80 heavy (non-hydrogen) atoms. The van der Waals surface area contributed by atoms with Gasteiger partial charge in [-0.2, -0.15) is 0 Å². The van der Waals surface area contributed by atoms with E-state index in [9.17, 15) is 30.3 Å². The van der Waals surface area contributed by atoms with Crippen LogP contribution in [0.5, 0.6) is 0 Å². The van der Waals surface area contributed by atoms with Gasteiger partial charge >= 0.3 is 0 Å². The largest absolute Gasteiger partial charge is 0.394 e. The molecule has 1 amide bonds. The van der Waals surface area contributed by atoms with E-state index >= 15 is 0 Å². The van der Waals surface area contributed by atoms with E-state index in [1.807, 2.05) is 0 Å². The number of hydrogen-bond donors (Lipinski definition) is 6.